The topological polar surface area (TPSA) is 78.4 Å². The number of halogens is 1. The number of nitrogens with zero attached hydrogens (tertiary/aromatic N) is 1. The number of hydrogen-bond acceptors (Lipinski definition) is 6. The van der Waals surface area contributed by atoms with Crippen LogP contribution < -0.4 is 24.4 Å². The summed E-state index contributed by atoms with van der Waals surface area (Å²) >= 11 is 0. The molecule has 1 N–H and O–H groups in total. The third-order valence-corrected chi connectivity index (χ3v) is 3.31. The first-order valence-corrected chi connectivity index (χ1v) is 7.57. The molecule has 2 rings (SSSR count). The summed E-state index contributed by atoms with van der Waals surface area (Å²) in [6, 6.07) is 8.67. The van der Waals surface area contributed by atoms with Crippen LogP contribution >= 0.6 is 0 Å². The zero-order chi connectivity index (χ0) is 18.9. The minimum Gasteiger partial charge on any atom is -0.496 e. The second-order valence-corrected chi connectivity index (χ2v) is 4.98. The lowest BCUT2D eigenvalue weighted by Crippen LogP contribution is -2.24. The zero-order valence-electron chi connectivity index (χ0n) is 14.6. The molecule has 8 heteroatoms. The predicted molar refractivity (Wildman–Crippen MR) is 93.7 cm³/mol. The molecule has 2 aromatic rings. The highest BCUT2D eigenvalue weighted by Crippen LogP contribution is 2.33. The van der Waals surface area contributed by atoms with E-state index in [1.54, 1.807) is 12.1 Å². The van der Waals surface area contributed by atoms with E-state index in [1.807, 2.05) is 0 Å². The van der Waals surface area contributed by atoms with Crippen molar-refractivity contribution in [2.75, 3.05) is 27.9 Å². The summed E-state index contributed by atoms with van der Waals surface area (Å²) in [5, 5.41) is 3.87. The fourth-order valence-corrected chi connectivity index (χ4v) is 2.04. The van der Waals surface area contributed by atoms with Crippen LogP contribution in [0.4, 0.5) is 4.39 Å². The van der Waals surface area contributed by atoms with Crippen LogP contribution in [0.2, 0.25) is 0 Å². The smallest absolute Gasteiger partial charge is 0.277 e. The third kappa shape index (κ3) is 5.10. The van der Waals surface area contributed by atoms with E-state index in [4.69, 9.17) is 18.9 Å². The van der Waals surface area contributed by atoms with Crippen molar-refractivity contribution in [3.63, 3.8) is 0 Å². The maximum atomic E-state index is 12.8. The Morgan fingerprint density at radius 2 is 1.65 bits per heavy atom. The van der Waals surface area contributed by atoms with Gasteiger partial charge in [0.05, 0.1) is 27.5 Å². The zero-order valence-corrected chi connectivity index (χ0v) is 14.6. The summed E-state index contributed by atoms with van der Waals surface area (Å²) in [6.45, 7) is -0.258. The van der Waals surface area contributed by atoms with Gasteiger partial charge in [-0.3, -0.25) is 4.79 Å². The van der Waals surface area contributed by atoms with Gasteiger partial charge in [-0.1, -0.05) is 0 Å². The lowest BCUT2D eigenvalue weighted by atomic mass is 10.2. The molecule has 1 amide bonds. The Balaban J connectivity index is 1.96. The van der Waals surface area contributed by atoms with Crippen molar-refractivity contribution < 1.29 is 28.1 Å². The number of amides is 1. The number of carbonyl (C=O) groups is 1. The largest absolute Gasteiger partial charge is 0.496 e. The van der Waals surface area contributed by atoms with E-state index in [2.05, 4.69) is 10.5 Å². The lowest BCUT2D eigenvalue weighted by Gasteiger charge is -2.11. The van der Waals surface area contributed by atoms with Gasteiger partial charge in [0.1, 0.15) is 17.3 Å². The molecule has 0 aliphatic carbocycles. The van der Waals surface area contributed by atoms with Gasteiger partial charge in [-0.15, -0.1) is 0 Å². The van der Waals surface area contributed by atoms with Gasteiger partial charge in [-0.2, -0.15) is 5.10 Å². The van der Waals surface area contributed by atoms with E-state index < -0.39 is 5.91 Å². The molecule has 0 bridgehead atoms. The molecule has 0 saturated carbocycles. The second kappa shape index (κ2) is 9.26. The van der Waals surface area contributed by atoms with E-state index in [-0.39, 0.29) is 12.4 Å². The Labute approximate surface area is 150 Å². The summed E-state index contributed by atoms with van der Waals surface area (Å²) < 4.78 is 33.7. The molecule has 0 aliphatic rings. The van der Waals surface area contributed by atoms with Gasteiger partial charge in [0.15, 0.2) is 18.1 Å². The fraction of sp³-hybridized carbons (Fsp3) is 0.222. The standard InChI is InChI=1S/C18H19FN2O5/c1-23-15-9-17(25-3)16(24-2)8-12(15)10-20-21-18(22)11-26-14-6-4-13(19)5-7-14/h4-10H,11H2,1-3H3,(H,21,22)/b20-10+. The van der Waals surface area contributed by atoms with Crippen LogP contribution in [0.25, 0.3) is 0 Å². The van der Waals surface area contributed by atoms with Gasteiger partial charge in [-0.05, 0) is 30.3 Å². The summed E-state index contributed by atoms with van der Waals surface area (Å²) in [7, 11) is 4.54. The van der Waals surface area contributed by atoms with E-state index in [1.165, 1.54) is 51.8 Å². The number of nitrogens with one attached hydrogen (secondary N) is 1. The van der Waals surface area contributed by atoms with Crippen molar-refractivity contribution in [1.82, 2.24) is 5.43 Å². The Hall–Kier alpha value is -3.29. The van der Waals surface area contributed by atoms with Crippen LogP contribution in [0.1, 0.15) is 5.56 Å². The average Bonchev–Trinajstić information content (AvgIpc) is 2.67. The van der Waals surface area contributed by atoms with Gasteiger partial charge in [0.2, 0.25) is 0 Å². The van der Waals surface area contributed by atoms with Crippen molar-refractivity contribution in [2.45, 2.75) is 0 Å². The quantitative estimate of drug-likeness (QED) is 0.576. The first-order valence-electron chi connectivity index (χ1n) is 7.57. The maximum absolute atomic E-state index is 12.8. The van der Waals surface area contributed by atoms with Gasteiger partial charge < -0.3 is 18.9 Å². The van der Waals surface area contributed by atoms with Gasteiger partial charge in [0, 0.05) is 11.6 Å². The van der Waals surface area contributed by atoms with Crippen LogP contribution in [0.15, 0.2) is 41.5 Å². The highest BCUT2D eigenvalue weighted by atomic mass is 19.1. The van der Waals surface area contributed by atoms with Crippen LogP contribution in [0.3, 0.4) is 0 Å². The van der Waals surface area contributed by atoms with Crippen LogP contribution in [-0.4, -0.2) is 40.1 Å². The Kier molecular flexibility index (Phi) is 6.78. The first kappa shape index (κ1) is 19.0. The van der Waals surface area contributed by atoms with E-state index in [0.29, 0.717) is 28.6 Å². The van der Waals surface area contributed by atoms with Crippen LogP contribution in [0.5, 0.6) is 23.0 Å². The molecule has 0 aromatic heterocycles. The van der Waals surface area contributed by atoms with Crippen molar-refractivity contribution in [3.05, 3.63) is 47.8 Å². The second-order valence-electron chi connectivity index (χ2n) is 4.98. The number of hydrogen-bond donors (Lipinski definition) is 1. The van der Waals surface area contributed by atoms with Crippen LogP contribution in [-0.2, 0) is 4.79 Å². The Morgan fingerprint density at radius 3 is 2.27 bits per heavy atom. The molecule has 2 aromatic carbocycles. The molecule has 26 heavy (non-hydrogen) atoms. The van der Waals surface area contributed by atoms with Crippen LogP contribution in [0, 0.1) is 5.82 Å². The number of ether oxygens (including phenoxy) is 4. The Bertz CT molecular complexity index is 778. The third-order valence-electron chi connectivity index (χ3n) is 3.31. The highest BCUT2D eigenvalue weighted by molar-refractivity contribution is 5.86. The van der Waals surface area contributed by atoms with Gasteiger partial charge >= 0.3 is 0 Å². The first-order chi connectivity index (χ1) is 12.6. The summed E-state index contributed by atoms with van der Waals surface area (Å²) in [5.74, 6) is 1.05. The molecule has 138 valence electrons. The Morgan fingerprint density at radius 1 is 1.04 bits per heavy atom. The highest BCUT2D eigenvalue weighted by Gasteiger charge is 2.10. The van der Waals surface area contributed by atoms with Crippen molar-refractivity contribution in [2.24, 2.45) is 5.10 Å². The van der Waals surface area contributed by atoms with E-state index in [0.717, 1.165) is 0 Å². The predicted octanol–water partition coefficient (Wildman–Crippen LogP) is 2.38. The SMILES string of the molecule is COc1cc(OC)c(OC)cc1/C=N/NC(=O)COc1ccc(F)cc1. The minimum absolute atomic E-state index is 0.258. The molecule has 0 fully saturated rings. The van der Waals surface area contributed by atoms with Gasteiger partial charge in [-0.25, -0.2) is 9.82 Å². The van der Waals surface area contributed by atoms with E-state index in [9.17, 15) is 9.18 Å². The molecular formula is C18H19FN2O5. The molecule has 7 nitrogen and oxygen atoms in total. The molecule has 0 unspecified atom stereocenters. The van der Waals surface area contributed by atoms with Crippen molar-refractivity contribution in [1.29, 1.82) is 0 Å². The molecular weight excluding hydrogens is 343 g/mol. The number of carbonyl (C=O) groups excluding carboxylic acids is 1. The normalized spacial score (nSPS) is 10.5. The molecule has 0 saturated heterocycles. The molecule has 0 aliphatic heterocycles. The number of rotatable bonds is 8. The number of hydrazone groups is 1. The number of methoxy groups -OCH3 is 3. The van der Waals surface area contributed by atoms with Crippen molar-refractivity contribution in [3.8, 4) is 23.0 Å². The average molecular weight is 362 g/mol. The van der Waals surface area contributed by atoms with Gasteiger partial charge in [0.25, 0.3) is 5.91 Å². The monoisotopic (exact) mass is 362 g/mol. The number of benzene rings is 2. The van der Waals surface area contributed by atoms with E-state index >= 15 is 0 Å². The summed E-state index contributed by atoms with van der Waals surface area (Å²) in [4.78, 5) is 11.8. The molecule has 0 heterocycles. The maximum Gasteiger partial charge on any atom is 0.277 e. The molecule has 0 spiro atoms. The molecule has 0 atom stereocenters. The summed E-state index contributed by atoms with van der Waals surface area (Å²) in [6.07, 6.45) is 1.41. The lowest BCUT2D eigenvalue weighted by molar-refractivity contribution is -0.123. The van der Waals surface area contributed by atoms with Crippen molar-refractivity contribution >= 4 is 12.1 Å². The fourth-order valence-electron chi connectivity index (χ4n) is 2.04. The summed E-state index contributed by atoms with van der Waals surface area (Å²) in [5.41, 5.74) is 2.92. The molecule has 0 radical (unpaired) electrons. The minimum atomic E-state index is -0.468.